The first-order chi connectivity index (χ1) is 9.26. The zero-order chi connectivity index (χ0) is 13.7. The fraction of sp³-hybridized carbons (Fsp3) is 0.714. The van der Waals surface area contributed by atoms with Crippen LogP contribution in [0.3, 0.4) is 0 Å². The van der Waals surface area contributed by atoms with E-state index >= 15 is 0 Å². The van der Waals surface area contributed by atoms with E-state index in [9.17, 15) is 0 Å². The molecule has 1 aromatic rings. The Morgan fingerprint density at radius 1 is 1.26 bits per heavy atom. The van der Waals surface area contributed by atoms with Crippen LogP contribution in [0.5, 0.6) is 0 Å². The fourth-order valence-corrected chi connectivity index (χ4v) is 3.06. The molecule has 0 radical (unpaired) electrons. The zero-order valence-corrected chi connectivity index (χ0v) is 13.9. The molecule has 5 heteroatoms. The van der Waals surface area contributed by atoms with Gasteiger partial charge in [0.15, 0.2) is 0 Å². The maximum atomic E-state index is 5.42. The summed E-state index contributed by atoms with van der Waals surface area (Å²) in [5, 5.41) is 3.43. The number of hydrogen-bond donors (Lipinski definition) is 1. The molecule has 0 atom stereocenters. The fourth-order valence-electron chi connectivity index (χ4n) is 2.25. The molecule has 2 rings (SSSR count). The third-order valence-corrected chi connectivity index (χ3v) is 4.53. The molecule has 1 fully saturated rings. The Balaban J connectivity index is 2.26. The van der Waals surface area contributed by atoms with Crippen molar-refractivity contribution in [2.75, 3.05) is 25.1 Å². The molecule has 0 spiro atoms. The Morgan fingerprint density at radius 3 is 2.63 bits per heavy atom. The van der Waals surface area contributed by atoms with Crippen LogP contribution in [0.4, 0.5) is 5.82 Å². The summed E-state index contributed by atoms with van der Waals surface area (Å²) in [5.74, 6) is 2.47. The van der Waals surface area contributed by atoms with Crippen molar-refractivity contribution < 1.29 is 4.74 Å². The van der Waals surface area contributed by atoms with Gasteiger partial charge in [-0.05, 0) is 48.3 Å². The second kappa shape index (κ2) is 7.38. The van der Waals surface area contributed by atoms with Crippen LogP contribution in [0.15, 0.2) is 0 Å². The highest BCUT2D eigenvalue weighted by atomic mass is 127. The van der Waals surface area contributed by atoms with Crippen LogP contribution < -0.4 is 5.32 Å². The summed E-state index contributed by atoms with van der Waals surface area (Å²) < 4.78 is 6.59. The van der Waals surface area contributed by atoms with E-state index in [1.165, 1.54) is 3.57 Å². The second-order valence-corrected chi connectivity index (χ2v) is 5.94. The topological polar surface area (TPSA) is 47.0 Å². The number of ether oxygens (including phenoxy) is 1. The molecule has 1 N–H and O–H groups in total. The van der Waals surface area contributed by atoms with Crippen LogP contribution in [0.1, 0.15) is 50.5 Å². The molecule has 0 aromatic carbocycles. The lowest BCUT2D eigenvalue weighted by Gasteiger charge is -2.22. The predicted molar refractivity (Wildman–Crippen MR) is 85.7 cm³/mol. The average molecular weight is 375 g/mol. The molecule has 0 saturated carbocycles. The lowest BCUT2D eigenvalue weighted by molar-refractivity contribution is 0.0835. The summed E-state index contributed by atoms with van der Waals surface area (Å²) in [5.41, 5.74) is 1.16. The number of anilines is 1. The van der Waals surface area contributed by atoms with Crippen molar-refractivity contribution in [3.8, 4) is 0 Å². The van der Waals surface area contributed by atoms with Crippen LogP contribution in [-0.2, 0) is 11.2 Å². The van der Waals surface area contributed by atoms with E-state index in [1.807, 2.05) is 0 Å². The first-order valence-corrected chi connectivity index (χ1v) is 8.22. The maximum Gasteiger partial charge on any atom is 0.143 e. The quantitative estimate of drug-likeness (QED) is 0.802. The van der Waals surface area contributed by atoms with Gasteiger partial charge in [0.2, 0.25) is 0 Å². The lowest BCUT2D eigenvalue weighted by Crippen LogP contribution is -2.19. The Hall–Kier alpha value is -0.430. The maximum absolute atomic E-state index is 5.42. The molecular formula is C14H22IN3O. The second-order valence-electron chi connectivity index (χ2n) is 4.86. The van der Waals surface area contributed by atoms with Gasteiger partial charge in [-0.15, -0.1) is 0 Å². The first kappa shape index (κ1) is 15.0. The van der Waals surface area contributed by atoms with E-state index in [2.05, 4.69) is 41.8 Å². The Morgan fingerprint density at radius 2 is 2.00 bits per heavy atom. The molecule has 0 amide bonds. The van der Waals surface area contributed by atoms with Gasteiger partial charge in [0, 0.05) is 25.7 Å². The number of nitrogens with one attached hydrogen (secondary N) is 1. The van der Waals surface area contributed by atoms with Crippen molar-refractivity contribution in [3.63, 3.8) is 0 Å². The van der Waals surface area contributed by atoms with Crippen molar-refractivity contribution >= 4 is 28.4 Å². The minimum Gasteiger partial charge on any atom is -0.381 e. The highest BCUT2D eigenvalue weighted by molar-refractivity contribution is 14.1. The average Bonchev–Trinajstić information content (AvgIpc) is 2.47. The molecule has 1 aromatic heterocycles. The van der Waals surface area contributed by atoms with Gasteiger partial charge >= 0.3 is 0 Å². The van der Waals surface area contributed by atoms with Crippen LogP contribution in [0.2, 0.25) is 0 Å². The predicted octanol–water partition coefficient (Wildman–Crippen LogP) is 3.36. The largest absolute Gasteiger partial charge is 0.381 e. The van der Waals surface area contributed by atoms with Gasteiger partial charge in [0.1, 0.15) is 11.6 Å². The van der Waals surface area contributed by atoms with Crippen LogP contribution in [-0.4, -0.2) is 29.7 Å². The number of hydrogen-bond acceptors (Lipinski definition) is 4. The van der Waals surface area contributed by atoms with Crippen molar-refractivity contribution in [1.29, 1.82) is 0 Å². The zero-order valence-electron chi connectivity index (χ0n) is 11.7. The van der Waals surface area contributed by atoms with Crippen molar-refractivity contribution in [3.05, 3.63) is 15.1 Å². The van der Waals surface area contributed by atoms with Gasteiger partial charge < -0.3 is 10.1 Å². The molecule has 2 heterocycles. The smallest absolute Gasteiger partial charge is 0.143 e. The van der Waals surface area contributed by atoms with Gasteiger partial charge in [0.05, 0.1) is 9.26 Å². The molecule has 106 valence electrons. The molecule has 1 aliphatic heterocycles. The summed E-state index contributed by atoms with van der Waals surface area (Å²) in [6, 6.07) is 0. The Labute approximate surface area is 128 Å². The van der Waals surface area contributed by atoms with Gasteiger partial charge in [0.25, 0.3) is 0 Å². The minimum atomic E-state index is 0.457. The monoisotopic (exact) mass is 375 g/mol. The summed E-state index contributed by atoms with van der Waals surface area (Å²) in [7, 11) is 0. The lowest BCUT2D eigenvalue weighted by atomic mass is 9.99. The molecule has 0 unspecified atom stereocenters. The van der Waals surface area contributed by atoms with Gasteiger partial charge in [-0.1, -0.05) is 13.8 Å². The van der Waals surface area contributed by atoms with E-state index in [4.69, 9.17) is 14.7 Å². The highest BCUT2D eigenvalue weighted by Gasteiger charge is 2.21. The normalized spacial score (nSPS) is 16.6. The molecule has 1 saturated heterocycles. The third-order valence-electron chi connectivity index (χ3n) is 3.40. The van der Waals surface area contributed by atoms with E-state index in [0.29, 0.717) is 5.92 Å². The summed E-state index contributed by atoms with van der Waals surface area (Å²) in [6.07, 6.45) is 4.14. The number of halogens is 1. The van der Waals surface area contributed by atoms with Crippen molar-refractivity contribution in [2.24, 2.45) is 0 Å². The molecule has 19 heavy (non-hydrogen) atoms. The van der Waals surface area contributed by atoms with Crippen LogP contribution in [0.25, 0.3) is 0 Å². The SMILES string of the molecule is CCCNc1nc(C2CCOCC2)nc(CC)c1I. The Bertz CT molecular complexity index is 419. The minimum absolute atomic E-state index is 0.457. The number of aryl methyl sites for hydroxylation is 1. The Kier molecular flexibility index (Phi) is 5.81. The molecule has 0 bridgehead atoms. The number of aromatic nitrogens is 2. The van der Waals surface area contributed by atoms with Crippen LogP contribution >= 0.6 is 22.6 Å². The number of rotatable bonds is 5. The van der Waals surface area contributed by atoms with Gasteiger partial charge in [-0.25, -0.2) is 9.97 Å². The molecule has 1 aliphatic rings. The third kappa shape index (κ3) is 3.78. The van der Waals surface area contributed by atoms with Gasteiger partial charge in [-0.2, -0.15) is 0 Å². The van der Waals surface area contributed by atoms with E-state index < -0.39 is 0 Å². The molecular weight excluding hydrogens is 353 g/mol. The summed E-state index contributed by atoms with van der Waals surface area (Å²) in [4.78, 5) is 9.53. The molecule has 0 aliphatic carbocycles. The van der Waals surface area contributed by atoms with E-state index in [0.717, 1.165) is 62.8 Å². The van der Waals surface area contributed by atoms with E-state index in [1.54, 1.807) is 0 Å². The summed E-state index contributed by atoms with van der Waals surface area (Å²) >= 11 is 2.36. The first-order valence-electron chi connectivity index (χ1n) is 7.14. The van der Waals surface area contributed by atoms with Crippen molar-refractivity contribution in [2.45, 2.75) is 45.4 Å². The highest BCUT2D eigenvalue weighted by Crippen LogP contribution is 2.28. The standard InChI is InChI=1S/C14H22IN3O/c1-3-7-16-14-12(15)11(4-2)17-13(18-14)10-5-8-19-9-6-10/h10H,3-9H2,1-2H3,(H,16,17,18). The molecule has 4 nitrogen and oxygen atoms in total. The summed E-state index contributed by atoms with van der Waals surface area (Å²) in [6.45, 7) is 6.95. The van der Waals surface area contributed by atoms with Crippen molar-refractivity contribution in [1.82, 2.24) is 9.97 Å². The van der Waals surface area contributed by atoms with Crippen LogP contribution in [0, 0.1) is 3.57 Å². The number of nitrogens with zero attached hydrogens (tertiary/aromatic N) is 2. The van der Waals surface area contributed by atoms with E-state index in [-0.39, 0.29) is 0 Å². The van der Waals surface area contributed by atoms with Gasteiger partial charge in [-0.3, -0.25) is 0 Å².